The van der Waals surface area contributed by atoms with Crippen LogP contribution in [0.2, 0.25) is 0 Å². The third-order valence-corrected chi connectivity index (χ3v) is 11.3. The first-order valence-corrected chi connectivity index (χ1v) is 17.7. The van der Waals surface area contributed by atoms with E-state index in [-0.39, 0.29) is 0 Å². The van der Waals surface area contributed by atoms with Gasteiger partial charge in [0.15, 0.2) is 0 Å². The maximum absolute atomic E-state index is 6.24. The number of fused-ring (bicyclic) bond motifs is 10. The molecule has 8 aromatic carbocycles. The van der Waals surface area contributed by atoms with E-state index in [1.54, 1.807) is 0 Å². The standard InChI is InChI=1S/C46H28N2OS/c1-2-10-31(11-3-1)48-41-15-7-4-12-35(41)38-27-33(20-22-42(38)48)47(34-21-23-46-40(28-34)37-14-6-9-17-45(37)50-46)32-19-18-29-26-44-39(25-30(29)24-32)36-13-5-8-16-43(36)49-44/h1-28H. The monoisotopic (exact) mass is 656 g/mol. The molecule has 0 radical (unpaired) electrons. The Balaban J connectivity index is 1.17. The van der Waals surface area contributed by atoms with Crippen molar-refractivity contribution in [1.82, 2.24) is 4.57 Å². The van der Waals surface area contributed by atoms with Crippen LogP contribution in [0.3, 0.4) is 0 Å². The van der Waals surface area contributed by atoms with Crippen molar-refractivity contribution in [2.45, 2.75) is 0 Å². The highest BCUT2D eigenvalue weighted by atomic mass is 32.1. The molecule has 11 aromatic rings. The predicted molar refractivity (Wildman–Crippen MR) is 213 cm³/mol. The van der Waals surface area contributed by atoms with Crippen LogP contribution in [-0.2, 0) is 0 Å². The molecule has 0 amide bonds. The van der Waals surface area contributed by atoms with Crippen molar-refractivity contribution in [1.29, 1.82) is 0 Å². The molecule has 234 valence electrons. The van der Waals surface area contributed by atoms with Crippen molar-refractivity contribution in [2.75, 3.05) is 4.90 Å². The molecule has 0 spiro atoms. The molecule has 4 heteroatoms. The number of nitrogens with zero attached hydrogens (tertiary/aromatic N) is 2. The molecule has 0 atom stereocenters. The van der Waals surface area contributed by atoms with Crippen LogP contribution in [0.1, 0.15) is 0 Å². The number of aromatic nitrogens is 1. The van der Waals surface area contributed by atoms with Crippen molar-refractivity contribution in [2.24, 2.45) is 0 Å². The summed E-state index contributed by atoms with van der Waals surface area (Å²) in [6.07, 6.45) is 0. The van der Waals surface area contributed by atoms with Gasteiger partial charge in [-0.15, -0.1) is 11.3 Å². The number of furan rings is 1. The second kappa shape index (κ2) is 10.6. The van der Waals surface area contributed by atoms with E-state index in [1.165, 1.54) is 47.4 Å². The van der Waals surface area contributed by atoms with Crippen LogP contribution >= 0.6 is 11.3 Å². The van der Waals surface area contributed by atoms with Gasteiger partial charge in [0.25, 0.3) is 0 Å². The summed E-state index contributed by atoms with van der Waals surface area (Å²) in [6.45, 7) is 0. The molecular weight excluding hydrogens is 629 g/mol. The molecule has 3 aromatic heterocycles. The van der Waals surface area contributed by atoms with Gasteiger partial charge in [-0.2, -0.15) is 0 Å². The molecule has 0 N–H and O–H groups in total. The maximum Gasteiger partial charge on any atom is 0.136 e. The Morgan fingerprint density at radius 2 is 1.06 bits per heavy atom. The van der Waals surface area contributed by atoms with Crippen LogP contribution in [0.25, 0.3) is 80.4 Å². The molecule has 0 saturated carbocycles. The number of hydrogen-bond donors (Lipinski definition) is 0. The number of thiophene rings is 1. The van der Waals surface area contributed by atoms with Gasteiger partial charge < -0.3 is 13.9 Å². The van der Waals surface area contributed by atoms with Gasteiger partial charge in [-0.1, -0.05) is 78.9 Å². The summed E-state index contributed by atoms with van der Waals surface area (Å²) in [5, 5.41) is 9.64. The third kappa shape index (κ3) is 4.09. The fraction of sp³-hybridized carbons (Fsp3) is 0. The van der Waals surface area contributed by atoms with Gasteiger partial charge in [0, 0.05) is 64.5 Å². The van der Waals surface area contributed by atoms with E-state index in [2.05, 4.69) is 167 Å². The second-order valence-corrected chi connectivity index (χ2v) is 14.1. The normalized spacial score (nSPS) is 12.0. The van der Waals surface area contributed by atoms with Gasteiger partial charge in [0.05, 0.1) is 11.0 Å². The number of para-hydroxylation sites is 3. The minimum absolute atomic E-state index is 0.915. The first-order valence-electron chi connectivity index (χ1n) is 16.9. The molecule has 11 rings (SSSR count). The molecule has 0 saturated heterocycles. The van der Waals surface area contributed by atoms with Crippen molar-refractivity contribution in [3.05, 3.63) is 170 Å². The Labute approximate surface area is 291 Å². The van der Waals surface area contributed by atoms with Crippen molar-refractivity contribution < 1.29 is 4.42 Å². The highest BCUT2D eigenvalue weighted by Gasteiger charge is 2.19. The largest absolute Gasteiger partial charge is 0.456 e. The van der Waals surface area contributed by atoms with Crippen LogP contribution in [-0.4, -0.2) is 4.57 Å². The van der Waals surface area contributed by atoms with Gasteiger partial charge in [-0.3, -0.25) is 0 Å². The zero-order valence-corrected chi connectivity index (χ0v) is 27.7. The van der Waals surface area contributed by atoms with Crippen LogP contribution < -0.4 is 4.90 Å². The lowest BCUT2D eigenvalue weighted by Gasteiger charge is -2.26. The summed E-state index contributed by atoms with van der Waals surface area (Å²) in [7, 11) is 0. The molecule has 0 aliphatic carbocycles. The van der Waals surface area contributed by atoms with E-state index in [0.29, 0.717) is 0 Å². The van der Waals surface area contributed by atoms with Crippen LogP contribution in [0, 0.1) is 0 Å². The average molecular weight is 657 g/mol. The van der Waals surface area contributed by atoms with Crippen molar-refractivity contribution in [3.8, 4) is 5.69 Å². The number of hydrogen-bond acceptors (Lipinski definition) is 3. The van der Waals surface area contributed by atoms with E-state index in [9.17, 15) is 0 Å². The van der Waals surface area contributed by atoms with Crippen LogP contribution in [0.5, 0.6) is 0 Å². The first kappa shape index (κ1) is 27.6. The zero-order valence-electron chi connectivity index (χ0n) is 26.9. The summed E-state index contributed by atoms with van der Waals surface area (Å²) >= 11 is 1.85. The van der Waals surface area contributed by atoms with E-state index < -0.39 is 0 Å². The molecule has 0 fully saturated rings. The van der Waals surface area contributed by atoms with Crippen LogP contribution in [0.4, 0.5) is 17.1 Å². The second-order valence-electron chi connectivity index (χ2n) is 13.0. The Morgan fingerprint density at radius 3 is 1.96 bits per heavy atom. The lowest BCUT2D eigenvalue weighted by molar-refractivity contribution is 0.669. The molecule has 0 bridgehead atoms. The Bertz CT molecular complexity index is 3110. The highest BCUT2D eigenvalue weighted by Crippen LogP contribution is 2.44. The minimum Gasteiger partial charge on any atom is -0.456 e. The van der Waals surface area contributed by atoms with E-state index in [4.69, 9.17) is 4.42 Å². The molecule has 0 unspecified atom stereocenters. The van der Waals surface area contributed by atoms with Gasteiger partial charge in [0.1, 0.15) is 11.2 Å². The predicted octanol–water partition coefficient (Wildman–Crippen LogP) is 13.7. The Hall–Kier alpha value is -6.36. The topological polar surface area (TPSA) is 21.3 Å². The summed E-state index contributed by atoms with van der Waals surface area (Å²) in [5.41, 5.74) is 8.72. The van der Waals surface area contributed by atoms with Crippen molar-refractivity contribution in [3.63, 3.8) is 0 Å². The van der Waals surface area contributed by atoms with Gasteiger partial charge >= 0.3 is 0 Å². The molecule has 3 nitrogen and oxygen atoms in total. The summed E-state index contributed by atoms with van der Waals surface area (Å²) in [5.74, 6) is 0. The van der Waals surface area contributed by atoms with E-state index >= 15 is 0 Å². The molecule has 0 aliphatic rings. The SMILES string of the molecule is c1ccc(-n2c3ccccc3c3cc(N(c4ccc5cc6oc7ccccc7c6cc5c4)c4ccc5sc6ccccc6c5c4)ccc32)cc1. The minimum atomic E-state index is 0.915. The quantitative estimate of drug-likeness (QED) is 0.188. The number of anilines is 3. The molecule has 3 heterocycles. The fourth-order valence-corrected chi connectivity index (χ4v) is 8.94. The summed E-state index contributed by atoms with van der Waals surface area (Å²) < 4.78 is 11.2. The lowest BCUT2D eigenvalue weighted by atomic mass is 10.0. The van der Waals surface area contributed by atoms with Gasteiger partial charge in [-0.25, -0.2) is 0 Å². The average Bonchev–Trinajstić information content (AvgIpc) is 3.83. The van der Waals surface area contributed by atoms with Gasteiger partial charge in [0.2, 0.25) is 0 Å². The molecule has 0 aliphatic heterocycles. The fourth-order valence-electron chi connectivity index (χ4n) is 7.85. The van der Waals surface area contributed by atoms with E-state index in [1.807, 2.05) is 23.5 Å². The Morgan fingerprint density at radius 1 is 0.400 bits per heavy atom. The van der Waals surface area contributed by atoms with E-state index in [0.717, 1.165) is 50.1 Å². The smallest absolute Gasteiger partial charge is 0.136 e. The third-order valence-electron chi connectivity index (χ3n) is 10.1. The number of benzene rings is 8. The highest BCUT2D eigenvalue weighted by molar-refractivity contribution is 7.25. The lowest BCUT2D eigenvalue weighted by Crippen LogP contribution is -2.10. The molecule has 50 heavy (non-hydrogen) atoms. The van der Waals surface area contributed by atoms with Crippen molar-refractivity contribution >= 4 is 103 Å². The molecular formula is C46H28N2OS. The number of rotatable bonds is 4. The zero-order chi connectivity index (χ0) is 32.8. The first-order chi connectivity index (χ1) is 24.8. The van der Waals surface area contributed by atoms with Gasteiger partial charge in [-0.05, 0) is 102 Å². The maximum atomic E-state index is 6.24. The summed E-state index contributed by atoms with van der Waals surface area (Å²) in [4.78, 5) is 2.41. The Kier molecular flexibility index (Phi) is 5.83. The summed E-state index contributed by atoms with van der Waals surface area (Å²) in [6, 6.07) is 61.5. The van der Waals surface area contributed by atoms with Crippen LogP contribution in [0.15, 0.2) is 174 Å².